The largest absolute Gasteiger partial charge is 0.426 e. The van der Waals surface area contributed by atoms with Crippen molar-refractivity contribution in [1.82, 2.24) is 0 Å². The number of benzene rings is 1. The quantitative estimate of drug-likeness (QED) is 0.146. The fourth-order valence-corrected chi connectivity index (χ4v) is 13.2. The van der Waals surface area contributed by atoms with Gasteiger partial charge in [-0.2, -0.15) is 0 Å². The van der Waals surface area contributed by atoms with Crippen molar-refractivity contribution in [1.29, 1.82) is 0 Å². The number of para-hydroxylation sites is 1. The van der Waals surface area contributed by atoms with Gasteiger partial charge in [-0.25, -0.2) is 0 Å². The lowest BCUT2D eigenvalue weighted by atomic mass is 9.75. The van der Waals surface area contributed by atoms with Crippen LogP contribution in [0.25, 0.3) is 0 Å². The van der Waals surface area contributed by atoms with Crippen molar-refractivity contribution >= 4 is 17.2 Å². The first kappa shape index (κ1) is 45.8. The Bertz CT molecular complexity index is 1190. The molecule has 0 radical (unpaired) electrons. The highest BCUT2D eigenvalue weighted by Crippen LogP contribution is 2.54. The van der Waals surface area contributed by atoms with Crippen LogP contribution in [0.15, 0.2) is 24.3 Å². The van der Waals surface area contributed by atoms with Crippen LogP contribution < -0.4 is 4.52 Å². The van der Waals surface area contributed by atoms with E-state index in [0.29, 0.717) is 77.6 Å². The molecular formula is C47H82O6P2. The lowest BCUT2D eigenvalue weighted by Gasteiger charge is -2.41. The standard InChI is InChI=1S/C47H82O6P2/c1-30(2)39-21-17-34(9)25-44(39)50-54(51-45-26-35(10)18-22-40(45)31(3)4)48-29-38-15-13-14-16-43(38)49-55(52-46-27-36(11)19-23-41(46)32(5)6)53-47-28-37(12)20-24-42(47)33(7)8/h13-16,30-37,39-42,44-47H,17-29H2,1-12H3/t34-,35-,36-,37-,39+,40?,41+,42?,44-,45-,46-,47-,54?,55?/m1/s1. The van der Waals surface area contributed by atoms with Gasteiger partial charge in [0.25, 0.3) is 0 Å². The second-order valence-corrected chi connectivity index (χ2v) is 22.5. The molecule has 0 bridgehead atoms. The molecule has 0 N–H and O–H groups in total. The smallest absolute Gasteiger partial charge is 0.397 e. The number of hydrogen-bond donors (Lipinski definition) is 0. The van der Waals surface area contributed by atoms with Crippen LogP contribution in [0, 0.1) is 71.0 Å². The third-order valence-corrected chi connectivity index (χ3v) is 16.7. The van der Waals surface area contributed by atoms with Crippen molar-refractivity contribution in [2.75, 3.05) is 0 Å². The summed E-state index contributed by atoms with van der Waals surface area (Å²) in [7, 11) is -3.22. The van der Waals surface area contributed by atoms with Crippen molar-refractivity contribution in [2.45, 2.75) is 191 Å². The summed E-state index contributed by atoms with van der Waals surface area (Å²) >= 11 is 0. The Kier molecular flexibility index (Phi) is 18.1. The molecule has 4 unspecified atom stereocenters. The van der Waals surface area contributed by atoms with E-state index in [1.165, 1.54) is 51.4 Å². The molecule has 4 fully saturated rings. The maximum atomic E-state index is 7.11. The topological polar surface area (TPSA) is 55.4 Å². The van der Waals surface area contributed by atoms with Gasteiger partial charge in [-0.15, -0.1) is 0 Å². The van der Waals surface area contributed by atoms with Crippen molar-refractivity contribution in [3.05, 3.63) is 29.8 Å². The van der Waals surface area contributed by atoms with Crippen LogP contribution in [0.1, 0.15) is 166 Å². The Morgan fingerprint density at radius 1 is 0.473 bits per heavy atom. The lowest BCUT2D eigenvalue weighted by Crippen LogP contribution is -2.36. The monoisotopic (exact) mass is 805 g/mol. The highest BCUT2D eigenvalue weighted by atomic mass is 31.2. The molecule has 4 aliphatic rings. The zero-order valence-electron chi connectivity index (χ0n) is 37.1. The van der Waals surface area contributed by atoms with Crippen LogP contribution in [0.3, 0.4) is 0 Å². The van der Waals surface area contributed by atoms with E-state index in [4.69, 9.17) is 27.1 Å². The minimum absolute atomic E-state index is 0.130. The molecule has 0 aliphatic heterocycles. The van der Waals surface area contributed by atoms with Crippen LogP contribution in [-0.4, -0.2) is 24.4 Å². The predicted molar refractivity (Wildman–Crippen MR) is 231 cm³/mol. The average molecular weight is 805 g/mol. The minimum Gasteiger partial charge on any atom is -0.426 e. The van der Waals surface area contributed by atoms with Gasteiger partial charge in [0.2, 0.25) is 0 Å². The van der Waals surface area contributed by atoms with E-state index < -0.39 is 17.2 Å². The minimum atomic E-state index is -1.64. The van der Waals surface area contributed by atoms with Crippen LogP contribution in [-0.2, 0) is 29.2 Å². The molecule has 55 heavy (non-hydrogen) atoms. The molecule has 14 atom stereocenters. The van der Waals surface area contributed by atoms with Crippen molar-refractivity contribution in [3.63, 3.8) is 0 Å². The summed E-state index contributed by atoms with van der Waals surface area (Å²) < 4.78 is 42.2. The van der Waals surface area contributed by atoms with E-state index in [2.05, 4.69) is 107 Å². The fourth-order valence-electron chi connectivity index (χ4n) is 10.5. The second-order valence-electron chi connectivity index (χ2n) is 20.3. The molecule has 1 aromatic carbocycles. The third kappa shape index (κ3) is 13.3. The molecule has 4 saturated carbocycles. The van der Waals surface area contributed by atoms with Crippen LogP contribution >= 0.6 is 17.2 Å². The molecular weight excluding hydrogens is 722 g/mol. The highest BCUT2D eigenvalue weighted by molar-refractivity contribution is 7.42. The van der Waals surface area contributed by atoms with Gasteiger partial charge in [-0.05, 0) is 128 Å². The summed E-state index contributed by atoms with van der Waals surface area (Å²) in [6.45, 7) is 28.7. The Labute approximate surface area is 341 Å². The Balaban J connectivity index is 1.39. The first-order valence-corrected chi connectivity index (χ1v) is 25.0. The zero-order chi connectivity index (χ0) is 39.8. The molecule has 8 heteroatoms. The van der Waals surface area contributed by atoms with Gasteiger partial charge in [0.05, 0.1) is 31.0 Å². The van der Waals surface area contributed by atoms with E-state index >= 15 is 0 Å². The van der Waals surface area contributed by atoms with Gasteiger partial charge in [0.15, 0.2) is 0 Å². The SMILES string of the molecule is CC(C)C1CC[C@@H](C)C[C@H]1OP(OCc1ccccc1OP(O[C@@H]1C[C@H](C)CCC1C(C)C)O[C@@H]1C[C@H](C)CC[C@H]1C(C)C)O[C@@H]1C[C@H](C)CC[C@H]1C(C)C. The Morgan fingerprint density at radius 3 is 1.15 bits per heavy atom. The van der Waals surface area contributed by atoms with Crippen LogP contribution in [0.2, 0.25) is 0 Å². The molecule has 0 heterocycles. The molecule has 0 amide bonds. The maximum absolute atomic E-state index is 7.11. The van der Waals surface area contributed by atoms with Crippen molar-refractivity contribution < 1.29 is 27.1 Å². The molecule has 316 valence electrons. The van der Waals surface area contributed by atoms with Crippen LogP contribution in [0.4, 0.5) is 0 Å². The van der Waals surface area contributed by atoms with E-state index in [-0.39, 0.29) is 24.4 Å². The molecule has 0 aromatic heterocycles. The van der Waals surface area contributed by atoms with Crippen molar-refractivity contribution in [3.8, 4) is 5.75 Å². The molecule has 6 nitrogen and oxygen atoms in total. The molecule has 5 rings (SSSR count). The maximum Gasteiger partial charge on any atom is 0.397 e. The lowest BCUT2D eigenvalue weighted by molar-refractivity contribution is -0.0134. The van der Waals surface area contributed by atoms with Gasteiger partial charge < -0.3 is 18.1 Å². The summed E-state index contributed by atoms with van der Waals surface area (Å²) in [5.74, 6) is 7.63. The van der Waals surface area contributed by atoms with Crippen molar-refractivity contribution in [2.24, 2.45) is 71.0 Å². The Hall–Kier alpha value is -0.320. The number of hydrogen-bond acceptors (Lipinski definition) is 6. The summed E-state index contributed by atoms with van der Waals surface area (Å²) in [6, 6.07) is 8.36. The van der Waals surface area contributed by atoms with E-state index in [1.807, 2.05) is 0 Å². The van der Waals surface area contributed by atoms with Gasteiger partial charge in [0, 0.05) is 5.56 Å². The highest BCUT2D eigenvalue weighted by Gasteiger charge is 2.41. The molecule has 1 aromatic rings. The van der Waals surface area contributed by atoms with Gasteiger partial charge >= 0.3 is 17.2 Å². The van der Waals surface area contributed by atoms with Gasteiger partial charge in [0.1, 0.15) is 5.75 Å². The first-order chi connectivity index (χ1) is 26.2. The summed E-state index contributed by atoms with van der Waals surface area (Å²) in [6.07, 6.45) is 14.7. The normalized spacial score (nSPS) is 36.1. The van der Waals surface area contributed by atoms with Crippen LogP contribution in [0.5, 0.6) is 5.75 Å². The summed E-state index contributed by atoms with van der Waals surface area (Å²) in [4.78, 5) is 0. The Morgan fingerprint density at radius 2 is 0.800 bits per heavy atom. The van der Waals surface area contributed by atoms with E-state index in [0.717, 1.165) is 37.0 Å². The molecule has 0 saturated heterocycles. The average Bonchev–Trinajstić information content (AvgIpc) is 3.10. The molecule has 4 aliphatic carbocycles. The first-order valence-electron chi connectivity index (χ1n) is 22.8. The fraction of sp³-hybridized carbons (Fsp3) is 0.872. The summed E-state index contributed by atoms with van der Waals surface area (Å²) in [5, 5.41) is 0. The van der Waals surface area contributed by atoms with Gasteiger partial charge in [-0.1, -0.05) is 127 Å². The third-order valence-electron chi connectivity index (χ3n) is 14.2. The predicted octanol–water partition coefficient (Wildman–Crippen LogP) is 14.9. The van der Waals surface area contributed by atoms with Gasteiger partial charge in [-0.3, -0.25) is 9.05 Å². The zero-order valence-corrected chi connectivity index (χ0v) is 38.9. The molecule has 0 spiro atoms. The summed E-state index contributed by atoms with van der Waals surface area (Å²) in [5.41, 5.74) is 0.992. The van der Waals surface area contributed by atoms with E-state index in [9.17, 15) is 0 Å². The number of rotatable bonds is 17. The second kappa shape index (κ2) is 21.8. The van der Waals surface area contributed by atoms with E-state index in [1.54, 1.807) is 0 Å².